The molecule has 1 aromatic carbocycles. The number of hydrogen-bond acceptors (Lipinski definition) is 4. The van der Waals surface area contributed by atoms with E-state index in [1.54, 1.807) is 13.2 Å². The lowest BCUT2D eigenvalue weighted by molar-refractivity contribution is -0.120. The van der Waals surface area contributed by atoms with Crippen molar-refractivity contribution in [3.63, 3.8) is 0 Å². The van der Waals surface area contributed by atoms with Crippen LogP contribution in [0.2, 0.25) is 5.02 Å². The molecule has 120 valence electrons. The predicted octanol–water partition coefficient (Wildman–Crippen LogP) is 1.85. The van der Waals surface area contributed by atoms with Crippen LogP contribution in [0, 0.1) is 0 Å². The smallest absolute Gasteiger partial charge is 0.234 e. The number of anilines is 1. The van der Waals surface area contributed by atoms with Crippen LogP contribution in [-0.2, 0) is 4.79 Å². The van der Waals surface area contributed by atoms with Crippen molar-refractivity contribution in [3.05, 3.63) is 23.2 Å². The zero-order chi connectivity index (χ0) is 13.8. The van der Waals surface area contributed by atoms with Crippen molar-refractivity contribution in [2.75, 3.05) is 31.6 Å². The van der Waals surface area contributed by atoms with Crippen LogP contribution >= 0.6 is 36.4 Å². The Bertz CT molecular complexity index is 474. The molecule has 0 aliphatic carbocycles. The van der Waals surface area contributed by atoms with E-state index in [1.807, 2.05) is 12.1 Å². The zero-order valence-corrected chi connectivity index (χ0v) is 14.1. The molecule has 5 nitrogen and oxygen atoms in total. The van der Waals surface area contributed by atoms with Gasteiger partial charge in [-0.05, 0) is 24.6 Å². The summed E-state index contributed by atoms with van der Waals surface area (Å²) < 4.78 is 5.34. The van der Waals surface area contributed by atoms with E-state index in [-0.39, 0.29) is 43.3 Å². The van der Waals surface area contributed by atoms with Crippen molar-refractivity contribution in [1.29, 1.82) is 0 Å². The summed E-state index contributed by atoms with van der Waals surface area (Å²) in [5.41, 5.74) is 6.26. The molecule has 0 radical (unpaired) electrons. The second-order valence-electron chi connectivity index (χ2n) is 4.52. The number of hydrogen-bond donors (Lipinski definition) is 2. The van der Waals surface area contributed by atoms with Crippen molar-refractivity contribution >= 4 is 48.0 Å². The number of methoxy groups -OCH3 is 1. The molecule has 1 saturated heterocycles. The monoisotopic (exact) mass is 355 g/mol. The molecular formula is C13H20Cl3N3O2. The first-order chi connectivity index (χ1) is 9.13. The molecule has 1 heterocycles. The van der Waals surface area contributed by atoms with Crippen LogP contribution in [0.4, 0.5) is 5.69 Å². The summed E-state index contributed by atoms with van der Waals surface area (Å²) >= 11 is 6.03. The normalized spacial score (nSPS) is 16.7. The Morgan fingerprint density at radius 2 is 2.24 bits per heavy atom. The van der Waals surface area contributed by atoms with Gasteiger partial charge in [0.25, 0.3) is 0 Å². The SMILES string of the molecule is COc1ccc(Cl)cc1N1CCC(NC(=O)CN)C1.Cl.Cl. The van der Waals surface area contributed by atoms with Gasteiger partial charge in [-0.1, -0.05) is 11.6 Å². The lowest BCUT2D eigenvalue weighted by Crippen LogP contribution is -2.40. The zero-order valence-electron chi connectivity index (χ0n) is 11.7. The summed E-state index contributed by atoms with van der Waals surface area (Å²) in [7, 11) is 1.64. The quantitative estimate of drug-likeness (QED) is 0.864. The molecule has 2 rings (SSSR count). The van der Waals surface area contributed by atoms with Crippen molar-refractivity contribution in [2.45, 2.75) is 12.5 Å². The molecule has 0 aromatic heterocycles. The van der Waals surface area contributed by atoms with Crippen LogP contribution in [0.15, 0.2) is 18.2 Å². The van der Waals surface area contributed by atoms with Crippen LogP contribution in [-0.4, -0.2) is 38.7 Å². The fraction of sp³-hybridized carbons (Fsp3) is 0.462. The van der Waals surface area contributed by atoms with Gasteiger partial charge in [-0.25, -0.2) is 0 Å². The number of nitrogens with one attached hydrogen (secondary N) is 1. The van der Waals surface area contributed by atoms with Gasteiger partial charge in [-0.15, -0.1) is 24.8 Å². The van der Waals surface area contributed by atoms with E-state index >= 15 is 0 Å². The maximum atomic E-state index is 11.3. The van der Waals surface area contributed by atoms with Gasteiger partial charge in [0, 0.05) is 24.2 Å². The van der Waals surface area contributed by atoms with Gasteiger partial charge >= 0.3 is 0 Å². The standard InChI is InChI=1S/C13H18ClN3O2.2ClH/c1-19-12-3-2-9(14)6-11(12)17-5-4-10(8-17)16-13(18)7-15;;/h2-3,6,10H,4-5,7-8,15H2,1H3,(H,16,18);2*1H. The third-order valence-corrected chi connectivity index (χ3v) is 3.46. The highest BCUT2D eigenvalue weighted by atomic mass is 35.5. The number of halogens is 3. The number of carbonyl (C=O) groups is 1. The number of amides is 1. The maximum absolute atomic E-state index is 11.3. The van der Waals surface area contributed by atoms with E-state index in [0.29, 0.717) is 5.02 Å². The topological polar surface area (TPSA) is 67.6 Å². The highest BCUT2D eigenvalue weighted by Gasteiger charge is 2.25. The number of nitrogens with zero attached hydrogens (tertiary/aromatic N) is 1. The Balaban J connectivity index is 0.00000200. The Morgan fingerprint density at radius 1 is 1.52 bits per heavy atom. The van der Waals surface area contributed by atoms with Crippen LogP contribution in [0.3, 0.4) is 0 Å². The van der Waals surface area contributed by atoms with Gasteiger partial charge in [-0.2, -0.15) is 0 Å². The van der Waals surface area contributed by atoms with Crippen LogP contribution in [0.5, 0.6) is 5.75 Å². The molecule has 1 atom stereocenters. The van der Waals surface area contributed by atoms with Gasteiger partial charge in [0.15, 0.2) is 0 Å². The Labute approximate surface area is 142 Å². The van der Waals surface area contributed by atoms with Gasteiger partial charge in [0.1, 0.15) is 5.75 Å². The summed E-state index contributed by atoms with van der Waals surface area (Å²) in [4.78, 5) is 13.4. The van der Waals surface area contributed by atoms with Crippen molar-refractivity contribution < 1.29 is 9.53 Å². The Hall–Kier alpha value is -0.880. The second kappa shape index (κ2) is 9.20. The highest BCUT2D eigenvalue weighted by Crippen LogP contribution is 2.33. The minimum absolute atomic E-state index is 0. The van der Waals surface area contributed by atoms with Gasteiger partial charge in [0.2, 0.25) is 5.91 Å². The first kappa shape index (κ1) is 20.1. The van der Waals surface area contributed by atoms with E-state index in [0.717, 1.165) is 30.9 Å². The summed E-state index contributed by atoms with van der Waals surface area (Å²) in [6.45, 7) is 1.62. The molecule has 1 aliphatic rings. The Kier molecular flexibility index (Phi) is 8.82. The van der Waals surface area contributed by atoms with Gasteiger partial charge in [0.05, 0.1) is 19.3 Å². The molecule has 1 fully saturated rings. The number of benzene rings is 1. The van der Waals surface area contributed by atoms with Gasteiger partial charge < -0.3 is 20.7 Å². The molecule has 21 heavy (non-hydrogen) atoms. The fourth-order valence-corrected chi connectivity index (χ4v) is 2.46. The number of carbonyl (C=O) groups excluding carboxylic acids is 1. The number of ether oxygens (including phenoxy) is 1. The summed E-state index contributed by atoms with van der Waals surface area (Å²) in [5.74, 6) is 0.667. The third kappa shape index (κ3) is 5.11. The molecule has 1 aromatic rings. The third-order valence-electron chi connectivity index (χ3n) is 3.22. The van der Waals surface area contributed by atoms with Crippen LogP contribution in [0.1, 0.15) is 6.42 Å². The maximum Gasteiger partial charge on any atom is 0.234 e. The molecule has 3 N–H and O–H groups in total. The molecule has 1 aliphatic heterocycles. The number of nitrogens with two attached hydrogens (primary N) is 1. The number of rotatable bonds is 4. The van der Waals surface area contributed by atoms with Crippen LogP contribution in [0.25, 0.3) is 0 Å². The lowest BCUT2D eigenvalue weighted by atomic mass is 10.2. The van der Waals surface area contributed by atoms with E-state index in [9.17, 15) is 4.79 Å². The van der Waals surface area contributed by atoms with Crippen molar-refractivity contribution in [2.24, 2.45) is 5.73 Å². The van der Waals surface area contributed by atoms with E-state index in [1.165, 1.54) is 0 Å². The molecular weight excluding hydrogens is 337 g/mol. The van der Waals surface area contributed by atoms with Gasteiger partial charge in [-0.3, -0.25) is 4.79 Å². The first-order valence-corrected chi connectivity index (χ1v) is 6.59. The average Bonchev–Trinajstić information content (AvgIpc) is 2.86. The second-order valence-corrected chi connectivity index (χ2v) is 4.96. The molecule has 0 spiro atoms. The van der Waals surface area contributed by atoms with E-state index in [2.05, 4.69) is 10.2 Å². The summed E-state index contributed by atoms with van der Waals surface area (Å²) in [6.07, 6.45) is 0.890. The molecule has 0 bridgehead atoms. The molecule has 0 saturated carbocycles. The summed E-state index contributed by atoms with van der Waals surface area (Å²) in [5, 5.41) is 3.57. The summed E-state index contributed by atoms with van der Waals surface area (Å²) in [6, 6.07) is 5.66. The minimum Gasteiger partial charge on any atom is -0.495 e. The Morgan fingerprint density at radius 3 is 2.86 bits per heavy atom. The molecule has 8 heteroatoms. The lowest BCUT2D eigenvalue weighted by Gasteiger charge is -2.21. The largest absolute Gasteiger partial charge is 0.495 e. The van der Waals surface area contributed by atoms with Crippen LogP contribution < -0.4 is 20.7 Å². The van der Waals surface area contributed by atoms with Crippen molar-refractivity contribution in [3.8, 4) is 5.75 Å². The molecule has 1 unspecified atom stereocenters. The van der Waals surface area contributed by atoms with E-state index < -0.39 is 0 Å². The highest BCUT2D eigenvalue weighted by molar-refractivity contribution is 6.30. The predicted molar refractivity (Wildman–Crippen MR) is 90.3 cm³/mol. The fourth-order valence-electron chi connectivity index (χ4n) is 2.29. The minimum atomic E-state index is -0.120. The first-order valence-electron chi connectivity index (χ1n) is 6.22. The average molecular weight is 357 g/mol. The molecule has 1 amide bonds. The van der Waals surface area contributed by atoms with Crippen molar-refractivity contribution in [1.82, 2.24) is 5.32 Å². The van der Waals surface area contributed by atoms with E-state index in [4.69, 9.17) is 22.1 Å².